The van der Waals surface area contributed by atoms with E-state index in [1.807, 2.05) is 0 Å². The van der Waals surface area contributed by atoms with Gasteiger partial charge in [0.25, 0.3) is 0 Å². The Morgan fingerprint density at radius 2 is 1.94 bits per heavy atom. The first-order valence-electron chi connectivity index (χ1n) is 10.3. The molecule has 178 valence electrons. The van der Waals surface area contributed by atoms with Crippen LogP contribution in [0.2, 0.25) is 0 Å². The first-order chi connectivity index (χ1) is 15.0. The Morgan fingerprint density at radius 1 is 1.25 bits per heavy atom. The maximum atomic E-state index is 13.0. The summed E-state index contributed by atoms with van der Waals surface area (Å²) >= 11 is 0. The zero-order valence-corrected chi connectivity index (χ0v) is 17.9. The first-order valence-corrected chi connectivity index (χ1v) is 10.3. The third-order valence-electron chi connectivity index (χ3n) is 5.30. The number of nitrogens with zero attached hydrogens (tertiary/aromatic N) is 2. The molecule has 0 aromatic carbocycles. The highest BCUT2D eigenvalue weighted by Gasteiger charge is 2.39. The van der Waals surface area contributed by atoms with E-state index < -0.39 is 60.1 Å². The molecule has 8 N–H and O–H groups in total. The van der Waals surface area contributed by atoms with E-state index in [-0.39, 0.29) is 13.0 Å². The molecule has 2 rings (SSSR count). The van der Waals surface area contributed by atoms with E-state index in [2.05, 4.69) is 20.6 Å². The molecule has 32 heavy (non-hydrogen) atoms. The fraction of sp³-hybridized carbons (Fsp3) is 0.632. The molecule has 6 atom stereocenters. The SMILES string of the molecule is CC(O)C(N)C(=O)N1CCCC1C(=O)NC(Cc1cnc[nH]1)C(=O)NC(C(=O)O)C(C)O. The number of amides is 3. The van der Waals surface area contributed by atoms with Gasteiger partial charge in [0, 0.05) is 24.9 Å². The van der Waals surface area contributed by atoms with Gasteiger partial charge in [0.05, 0.1) is 18.5 Å². The van der Waals surface area contributed by atoms with E-state index in [0.717, 1.165) is 0 Å². The maximum Gasteiger partial charge on any atom is 0.328 e. The molecular formula is C19H30N6O7. The summed E-state index contributed by atoms with van der Waals surface area (Å²) in [5, 5.41) is 33.3. The van der Waals surface area contributed by atoms with Gasteiger partial charge in [-0.25, -0.2) is 9.78 Å². The second-order valence-corrected chi connectivity index (χ2v) is 7.86. The van der Waals surface area contributed by atoms with E-state index in [9.17, 15) is 34.5 Å². The summed E-state index contributed by atoms with van der Waals surface area (Å²) in [7, 11) is 0. The molecule has 0 spiro atoms. The standard InChI is InChI=1S/C19H30N6O7/c1-9(26)14(20)18(30)25-5-3-4-13(25)17(29)23-12(6-11-7-21-8-22-11)16(28)24-15(10(2)27)19(31)32/h7-10,12-15,26-27H,3-6,20H2,1-2H3,(H,21,22)(H,23,29)(H,24,28)(H,31,32). The predicted molar refractivity (Wildman–Crippen MR) is 110 cm³/mol. The number of aliphatic hydroxyl groups excluding tert-OH is 2. The van der Waals surface area contributed by atoms with Gasteiger partial charge in [0.1, 0.15) is 18.1 Å². The normalized spacial score (nSPS) is 20.7. The van der Waals surface area contributed by atoms with Gasteiger partial charge in [-0.15, -0.1) is 0 Å². The molecule has 0 radical (unpaired) electrons. The van der Waals surface area contributed by atoms with E-state index in [0.29, 0.717) is 18.5 Å². The number of carbonyl (C=O) groups is 4. The van der Waals surface area contributed by atoms with Crippen molar-refractivity contribution in [3.63, 3.8) is 0 Å². The largest absolute Gasteiger partial charge is 0.480 e. The van der Waals surface area contributed by atoms with Gasteiger partial charge in [-0.3, -0.25) is 14.4 Å². The van der Waals surface area contributed by atoms with Gasteiger partial charge >= 0.3 is 5.97 Å². The smallest absolute Gasteiger partial charge is 0.328 e. The zero-order chi connectivity index (χ0) is 24.0. The van der Waals surface area contributed by atoms with Crippen LogP contribution in [0.1, 0.15) is 32.4 Å². The number of carboxylic acids is 1. The van der Waals surface area contributed by atoms with Gasteiger partial charge in [-0.05, 0) is 26.7 Å². The predicted octanol–water partition coefficient (Wildman–Crippen LogP) is -2.91. The number of carboxylic acid groups (broad SMARTS) is 1. The molecule has 0 aliphatic carbocycles. The van der Waals surface area contributed by atoms with Crippen molar-refractivity contribution >= 4 is 23.7 Å². The van der Waals surface area contributed by atoms with E-state index in [4.69, 9.17) is 5.73 Å². The van der Waals surface area contributed by atoms with Gasteiger partial charge in [-0.2, -0.15) is 0 Å². The lowest BCUT2D eigenvalue weighted by Gasteiger charge is -2.29. The van der Waals surface area contributed by atoms with Crippen LogP contribution in [0.4, 0.5) is 0 Å². The molecule has 0 bridgehead atoms. The van der Waals surface area contributed by atoms with Crippen LogP contribution in [0, 0.1) is 0 Å². The Balaban J connectivity index is 2.17. The van der Waals surface area contributed by atoms with Crippen LogP contribution in [0.15, 0.2) is 12.5 Å². The van der Waals surface area contributed by atoms with Crippen LogP contribution < -0.4 is 16.4 Å². The molecule has 13 nitrogen and oxygen atoms in total. The number of hydrogen-bond donors (Lipinski definition) is 7. The highest BCUT2D eigenvalue weighted by atomic mass is 16.4. The lowest BCUT2D eigenvalue weighted by molar-refractivity contribution is -0.145. The number of imidazole rings is 1. The van der Waals surface area contributed by atoms with Gasteiger partial charge in [0.2, 0.25) is 17.7 Å². The third kappa shape index (κ3) is 6.24. The highest BCUT2D eigenvalue weighted by molar-refractivity contribution is 5.94. The fourth-order valence-electron chi connectivity index (χ4n) is 3.44. The Hall–Kier alpha value is -3.03. The number of carbonyl (C=O) groups excluding carboxylic acids is 3. The van der Waals surface area contributed by atoms with Crippen LogP contribution in [0.5, 0.6) is 0 Å². The number of rotatable bonds is 10. The lowest BCUT2D eigenvalue weighted by Crippen LogP contribution is -2.59. The molecule has 3 amide bonds. The van der Waals surface area contributed by atoms with Crippen molar-refractivity contribution in [2.45, 2.75) is 69.5 Å². The first kappa shape index (κ1) is 25.2. The van der Waals surface area contributed by atoms with Crippen molar-refractivity contribution in [3.8, 4) is 0 Å². The van der Waals surface area contributed by atoms with Crippen LogP contribution in [0.3, 0.4) is 0 Å². The summed E-state index contributed by atoms with van der Waals surface area (Å²) in [4.78, 5) is 57.6. The number of aromatic amines is 1. The Labute approximate surface area is 184 Å². The van der Waals surface area contributed by atoms with Crippen molar-refractivity contribution in [3.05, 3.63) is 18.2 Å². The van der Waals surface area contributed by atoms with Crippen molar-refractivity contribution in [1.29, 1.82) is 0 Å². The number of aromatic nitrogens is 2. The van der Waals surface area contributed by atoms with Crippen molar-refractivity contribution in [1.82, 2.24) is 25.5 Å². The zero-order valence-electron chi connectivity index (χ0n) is 17.9. The number of hydrogen-bond acceptors (Lipinski definition) is 8. The minimum atomic E-state index is -1.57. The average molecular weight is 454 g/mol. The molecule has 2 heterocycles. The molecule has 1 fully saturated rings. The monoisotopic (exact) mass is 454 g/mol. The molecular weight excluding hydrogens is 424 g/mol. The second-order valence-electron chi connectivity index (χ2n) is 7.86. The molecule has 1 aliphatic rings. The summed E-state index contributed by atoms with van der Waals surface area (Å²) in [5.74, 6) is -3.44. The summed E-state index contributed by atoms with van der Waals surface area (Å²) in [6.07, 6.45) is 1.21. The van der Waals surface area contributed by atoms with Crippen LogP contribution in [0.25, 0.3) is 0 Å². The number of H-pyrrole nitrogens is 1. The van der Waals surface area contributed by atoms with E-state index in [1.165, 1.54) is 31.3 Å². The van der Waals surface area contributed by atoms with Crippen molar-refractivity contribution < 1.29 is 34.5 Å². The van der Waals surface area contributed by atoms with Crippen molar-refractivity contribution in [2.75, 3.05) is 6.54 Å². The number of nitrogens with two attached hydrogens (primary N) is 1. The second kappa shape index (κ2) is 11.0. The Bertz CT molecular complexity index is 813. The third-order valence-corrected chi connectivity index (χ3v) is 5.30. The molecule has 1 aliphatic heterocycles. The Morgan fingerprint density at radius 3 is 2.47 bits per heavy atom. The van der Waals surface area contributed by atoms with E-state index in [1.54, 1.807) is 0 Å². The molecule has 0 saturated carbocycles. The highest BCUT2D eigenvalue weighted by Crippen LogP contribution is 2.19. The maximum absolute atomic E-state index is 13.0. The molecule has 1 aromatic rings. The number of aliphatic carboxylic acids is 1. The topological polar surface area (TPSA) is 211 Å². The molecule has 6 unspecified atom stereocenters. The summed E-state index contributed by atoms with van der Waals surface area (Å²) in [6.45, 7) is 2.87. The number of likely N-dealkylation sites (tertiary alicyclic amines) is 1. The van der Waals surface area contributed by atoms with Crippen LogP contribution >= 0.6 is 0 Å². The summed E-state index contributed by atoms with van der Waals surface area (Å²) in [5.41, 5.74) is 6.23. The summed E-state index contributed by atoms with van der Waals surface area (Å²) in [6, 6.07) is -4.85. The van der Waals surface area contributed by atoms with Gasteiger partial charge < -0.3 is 41.6 Å². The quantitative estimate of drug-likeness (QED) is 0.193. The van der Waals surface area contributed by atoms with E-state index >= 15 is 0 Å². The molecule has 13 heteroatoms. The van der Waals surface area contributed by atoms with Gasteiger partial charge in [-0.1, -0.05) is 0 Å². The molecule has 1 saturated heterocycles. The fourth-order valence-corrected chi connectivity index (χ4v) is 3.44. The lowest BCUT2D eigenvalue weighted by atomic mass is 10.1. The minimum absolute atomic E-state index is 0.0302. The number of aliphatic hydroxyl groups is 2. The summed E-state index contributed by atoms with van der Waals surface area (Å²) < 4.78 is 0. The van der Waals surface area contributed by atoms with Crippen LogP contribution in [-0.2, 0) is 25.6 Å². The number of nitrogens with one attached hydrogen (secondary N) is 3. The Kier molecular flexibility index (Phi) is 8.69. The molecule has 1 aromatic heterocycles. The minimum Gasteiger partial charge on any atom is -0.480 e. The van der Waals surface area contributed by atoms with Crippen LogP contribution in [-0.4, -0.2) is 96.8 Å². The van der Waals surface area contributed by atoms with Gasteiger partial charge in [0.15, 0.2) is 6.04 Å². The average Bonchev–Trinajstić information content (AvgIpc) is 3.41. The van der Waals surface area contributed by atoms with Crippen molar-refractivity contribution in [2.24, 2.45) is 5.73 Å².